The number of anilines is 1. The van der Waals surface area contributed by atoms with Crippen LogP contribution in [0.4, 0.5) is 5.82 Å². The summed E-state index contributed by atoms with van der Waals surface area (Å²) in [7, 11) is 1.85. The normalized spacial score (nSPS) is 18.9. The first-order chi connectivity index (χ1) is 14.1. The molecule has 1 saturated heterocycles. The molecule has 1 fully saturated rings. The van der Waals surface area contributed by atoms with Crippen molar-refractivity contribution in [3.63, 3.8) is 0 Å². The van der Waals surface area contributed by atoms with E-state index in [-0.39, 0.29) is 17.7 Å². The number of piperidine rings is 1. The molecule has 2 aliphatic heterocycles. The number of amides is 2. The molecular formula is C22H27N5O2. The Morgan fingerprint density at radius 1 is 1.10 bits per heavy atom. The molecule has 3 heterocycles. The van der Waals surface area contributed by atoms with E-state index in [1.54, 1.807) is 6.92 Å². The predicted molar refractivity (Wildman–Crippen MR) is 111 cm³/mol. The topological polar surface area (TPSA) is 78.4 Å². The summed E-state index contributed by atoms with van der Waals surface area (Å²) in [6, 6.07) is 9.43. The molecule has 0 bridgehead atoms. The number of carbonyl (C=O) groups excluding carboxylic acids is 2. The molecule has 2 aromatic rings. The Bertz CT molecular complexity index is 898. The third-order valence-electron chi connectivity index (χ3n) is 5.85. The molecule has 7 nitrogen and oxygen atoms in total. The second kappa shape index (κ2) is 8.19. The highest BCUT2D eigenvalue weighted by atomic mass is 16.2. The Kier molecular flexibility index (Phi) is 5.47. The first-order valence-corrected chi connectivity index (χ1v) is 10.2. The third kappa shape index (κ3) is 3.95. The summed E-state index contributed by atoms with van der Waals surface area (Å²) in [4.78, 5) is 38.0. The minimum absolute atomic E-state index is 0.0687. The zero-order chi connectivity index (χ0) is 20.4. The molecule has 2 amide bonds. The van der Waals surface area contributed by atoms with E-state index in [4.69, 9.17) is 9.97 Å². The minimum Gasteiger partial charge on any atom is -0.373 e. The van der Waals surface area contributed by atoms with Crippen molar-refractivity contribution in [2.75, 3.05) is 32.0 Å². The standard InChI is InChI=1S/C22H27N5O2/c1-15(28)26-12-10-19-18(14-26)21(23-2)25-20(24-19)17-9-6-11-27(13-17)22(29)16-7-4-3-5-8-16/h3-5,7-8,17H,6,9-14H2,1-2H3,(H,23,24,25). The predicted octanol–water partition coefficient (Wildman–Crippen LogP) is 2.44. The van der Waals surface area contributed by atoms with Crippen LogP contribution in [0.3, 0.4) is 0 Å². The number of hydrogen-bond acceptors (Lipinski definition) is 5. The fourth-order valence-electron chi connectivity index (χ4n) is 4.23. The highest BCUT2D eigenvalue weighted by Crippen LogP contribution is 2.30. The van der Waals surface area contributed by atoms with Gasteiger partial charge in [0.1, 0.15) is 11.6 Å². The molecule has 1 unspecified atom stereocenters. The van der Waals surface area contributed by atoms with Gasteiger partial charge in [-0.1, -0.05) is 18.2 Å². The van der Waals surface area contributed by atoms with Gasteiger partial charge in [0.05, 0.1) is 12.2 Å². The van der Waals surface area contributed by atoms with E-state index in [2.05, 4.69) is 5.32 Å². The van der Waals surface area contributed by atoms with Crippen LogP contribution in [-0.2, 0) is 17.8 Å². The number of carbonyl (C=O) groups is 2. The van der Waals surface area contributed by atoms with Crippen LogP contribution in [0.2, 0.25) is 0 Å². The first kappa shape index (κ1) is 19.4. The fourth-order valence-corrected chi connectivity index (χ4v) is 4.23. The molecule has 152 valence electrons. The van der Waals surface area contributed by atoms with Crippen molar-refractivity contribution in [2.45, 2.75) is 38.6 Å². The SMILES string of the molecule is CNc1nc(C2CCCN(C(=O)c3ccccc3)C2)nc2c1CN(C(C)=O)CC2. The Hall–Kier alpha value is -2.96. The average Bonchev–Trinajstić information content (AvgIpc) is 2.78. The maximum absolute atomic E-state index is 12.9. The van der Waals surface area contributed by atoms with Gasteiger partial charge in [-0.3, -0.25) is 9.59 Å². The zero-order valence-corrected chi connectivity index (χ0v) is 17.0. The molecule has 29 heavy (non-hydrogen) atoms. The van der Waals surface area contributed by atoms with Gasteiger partial charge in [0.2, 0.25) is 5.91 Å². The number of fused-ring (bicyclic) bond motifs is 1. The molecule has 2 aliphatic rings. The van der Waals surface area contributed by atoms with Crippen LogP contribution >= 0.6 is 0 Å². The van der Waals surface area contributed by atoms with Crippen molar-refractivity contribution < 1.29 is 9.59 Å². The maximum Gasteiger partial charge on any atom is 0.253 e. The van der Waals surface area contributed by atoms with E-state index in [9.17, 15) is 9.59 Å². The van der Waals surface area contributed by atoms with Gasteiger partial charge < -0.3 is 15.1 Å². The van der Waals surface area contributed by atoms with Crippen molar-refractivity contribution in [2.24, 2.45) is 0 Å². The minimum atomic E-state index is 0.0687. The molecule has 7 heteroatoms. The zero-order valence-electron chi connectivity index (χ0n) is 17.0. The largest absolute Gasteiger partial charge is 0.373 e. The number of aromatic nitrogens is 2. The van der Waals surface area contributed by atoms with Gasteiger partial charge in [-0.15, -0.1) is 0 Å². The summed E-state index contributed by atoms with van der Waals surface area (Å²) in [5.74, 6) is 1.86. The number of benzene rings is 1. The number of likely N-dealkylation sites (tertiary alicyclic amines) is 1. The van der Waals surface area contributed by atoms with Gasteiger partial charge in [0.15, 0.2) is 0 Å². The lowest BCUT2D eigenvalue weighted by molar-refractivity contribution is -0.129. The summed E-state index contributed by atoms with van der Waals surface area (Å²) in [5.41, 5.74) is 2.74. The van der Waals surface area contributed by atoms with Gasteiger partial charge in [-0.2, -0.15) is 0 Å². The third-order valence-corrected chi connectivity index (χ3v) is 5.85. The number of nitrogens with zero attached hydrogens (tertiary/aromatic N) is 4. The van der Waals surface area contributed by atoms with Crippen LogP contribution in [0.1, 0.15) is 53.1 Å². The number of nitrogens with one attached hydrogen (secondary N) is 1. The summed E-state index contributed by atoms with van der Waals surface area (Å²) >= 11 is 0. The summed E-state index contributed by atoms with van der Waals surface area (Å²) in [5, 5.41) is 3.18. The lowest BCUT2D eigenvalue weighted by Crippen LogP contribution is -2.40. The van der Waals surface area contributed by atoms with E-state index in [1.165, 1.54) is 0 Å². The van der Waals surface area contributed by atoms with Gasteiger partial charge in [0.25, 0.3) is 5.91 Å². The number of rotatable bonds is 3. The Balaban J connectivity index is 1.57. The molecule has 4 rings (SSSR count). The van der Waals surface area contributed by atoms with E-state index in [0.717, 1.165) is 54.3 Å². The van der Waals surface area contributed by atoms with Crippen molar-refractivity contribution >= 4 is 17.6 Å². The van der Waals surface area contributed by atoms with Crippen LogP contribution in [-0.4, -0.2) is 58.3 Å². The molecule has 1 N–H and O–H groups in total. The maximum atomic E-state index is 12.9. The molecule has 0 radical (unpaired) electrons. The first-order valence-electron chi connectivity index (χ1n) is 10.2. The second-order valence-electron chi connectivity index (χ2n) is 7.75. The van der Waals surface area contributed by atoms with Gasteiger partial charge in [-0.25, -0.2) is 9.97 Å². The summed E-state index contributed by atoms with van der Waals surface area (Å²) < 4.78 is 0. The molecule has 1 atom stereocenters. The summed E-state index contributed by atoms with van der Waals surface area (Å²) in [6.45, 7) is 4.23. The van der Waals surface area contributed by atoms with Crippen molar-refractivity contribution in [1.82, 2.24) is 19.8 Å². The Morgan fingerprint density at radius 2 is 1.90 bits per heavy atom. The summed E-state index contributed by atoms with van der Waals surface area (Å²) in [6.07, 6.45) is 2.65. The molecule has 1 aromatic heterocycles. The van der Waals surface area contributed by atoms with Crippen LogP contribution in [0.15, 0.2) is 30.3 Å². The van der Waals surface area contributed by atoms with Crippen molar-refractivity contribution in [1.29, 1.82) is 0 Å². The van der Waals surface area contributed by atoms with Crippen LogP contribution in [0.25, 0.3) is 0 Å². The average molecular weight is 393 g/mol. The molecule has 0 saturated carbocycles. The smallest absolute Gasteiger partial charge is 0.253 e. The van der Waals surface area contributed by atoms with E-state index < -0.39 is 0 Å². The van der Waals surface area contributed by atoms with Crippen LogP contribution in [0, 0.1) is 0 Å². The van der Waals surface area contributed by atoms with Crippen molar-refractivity contribution in [3.05, 3.63) is 53.0 Å². The van der Waals surface area contributed by atoms with E-state index in [0.29, 0.717) is 19.6 Å². The van der Waals surface area contributed by atoms with Crippen LogP contribution < -0.4 is 5.32 Å². The molecule has 0 aliphatic carbocycles. The lowest BCUT2D eigenvalue weighted by Gasteiger charge is -2.33. The van der Waals surface area contributed by atoms with Gasteiger partial charge >= 0.3 is 0 Å². The lowest BCUT2D eigenvalue weighted by atomic mass is 9.95. The Labute approximate surface area is 171 Å². The highest BCUT2D eigenvalue weighted by molar-refractivity contribution is 5.94. The second-order valence-corrected chi connectivity index (χ2v) is 7.75. The molecule has 0 spiro atoms. The fraction of sp³-hybridized carbons (Fsp3) is 0.455. The quantitative estimate of drug-likeness (QED) is 0.867. The molecule has 1 aromatic carbocycles. The van der Waals surface area contributed by atoms with Crippen LogP contribution in [0.5, 0.6) is 0 Å². The van der Waals surface area contributed by atoms with Crippen molar-refractivity contribution in [3.8, 4) is 0 Å². The Morgan fingerprint density at radius 3 is 2.62 bits per heavy atom. The van der Waals surface area contributed by atoms with Gasteiger partial charge in [-0.05, 0) is 25.0 Å². The molecular weight excluding hydrogens is 366 g/mol. The van der Waals surface area contributed by atoms with E-state index in [1.807, 2.05) is 47.2 Å². The van der Waals surface area contributed by atoms with E-state index >= 15 is 0 Å². The monoisotopic (exact) mass is 393 g/mol. The highest BCUT2D eigenvalue weighted by Gasteiger charge is 2.30. The van der Waals surface area contributed by atoms with Gasteiger partial charge in [0, 0.05) is 57.1 Å². The number of hydrogen-bond donors (Lipinski definition) is 1.